The zero-order chi connectivity index (χ0) is 20.6. The first kappa shape index (κ1) is 22.7. The molecule has 0 aromatic heterocycles. The SMILES string of the molecule is COc1cc(CNC2CCCCCCC2)cc(Br)c1OCc1c(Cl)cccc1Cl. The molecule has 1 N–H and O–H groups in total. The lowest BCUT2D eigenvalue weighted by Crippen LogP contribution is -2.29. The van der Waals surface area contributed by atoms with Crippen molar-refractivity contribution in [2.24, 2.45) is 0 Å². The Balaban J connectivity index is 1.67. The zero-order valence-corrected chi connectivity index (χ0v) is 19.9. The lowest BCUT2D eigenvalue weighted by Gasteiger charge is -2.22. The normalized spacial score (nSPS) is 15.6. The quantitative estimate of drug-likeness (QED) is 0.425. The van der Waals surface area contributed by atoms with Crippen molar-refractivity contribution in [3.05, 3.63) is 56.0 Å². The van der Waals surface area contributed by atoms with E-state index in [1.165, 1.54) is 50.5 Å². The highest BCUT2D eigenvalue weighted by molar-refractivity contribution is 9.10. The van der Waals surface area contributed by atoms with Crippen LogP contribution in [0.5, 0.6) is 11.5 Å². The molecule has 1 fully saturated rings. The van der Waals surface area contributed by atoms with E-state index in [1.807, 2.05) is 24.3 Å². The van der Waals surface area contributed by atoms with Gasteiger partial charge in [-0.25, -0.2) is 0 Å². The fourth-order valence-electron chi connectivity index (χ4n) is 3.75. The second-order valence-corrected chi connectivity index (χ2v) is 9.19. The van der Waals surface area contributed by atoms with Gasteiger partial charge in [-0.15, -0.1) is 0 Å². The number of halogens is 3. The van der Waals surface area contributed by atoms with E-state index >= 15 is 0 Å². The van der Waals surface area contributed by atoms with Crippen molar-refractivity contribution < 1.29 is 9.47 Å². The van der Waals surface area contributed by atoms with E-state index in [4.69, 9.17) is 32.7 Å². The standard InChI is InChI=1S/C23H28BrCl2NO2/c1-28-22-13-16(14-27-17-8-5-3-2-4-6-9-17)12-19(24)23(22)29-15-18-20(25)10-7-11-21(18)26/h7,10-13,17,27H,2-6,8-9,14-15H2,1H3. The second kappa shape index (κ2) is 11.5. The van der Waals surface area contributed by atoms with Gasteiger partial charge in [0.05, 0.1) is 11.6 Å². The number of methoxy groups -OCH3 is 1. The maximum atomic E-state index is 6.26. The van der Waals surface area contributed by atoms with Gasteiger partial charge in [-0.1, -0.05) is 61.4 Å². The van der Waals surface area contributed by atoms with Crippen LogP contribution in [0.4, 0.5) is 0 Å². The van der Waals surface area contributed by atoms with Crippen molar-refractivity contribution in [2.75, 3.05) is 7.11 Å². The van der Waals surface area contributed by atoms with Crippen LogP contribution in [0.3, 0.4) is 0 Å². The van der Waals surface area contributed by atoms with Gasteiger partial charge in [0.25, 0.3) is 0 Å². The Morgan fingerprint density at radius 2 is 1.69 bits per heavy atom. The minimum Gasteiger partial charge on any atom is -0.493 e. The van der Waals surface area contributed by atoms with Crippen LogP contribution in [0.1, 0.15) is 56.1 Å². The van der Waals surface area contributed by atoms with Crippen molar-refractivity contribution in [3.8, 4) is 11.5 Å². The Morgan fingerprint density at radius 1 is 1.03 bits per heavy atom. The monoisotopic (exact) mass is 499 g/mol. The van der Waals surface area contributed by atoms with Gasteiger partial charge >= 0.3 is 0 Å². The van der Waals surface area contributed by atoms with E-state index < -0.39 is 0 Å². The first-order chi connectivity index (χ1) is 14.1. The molecule has 0 radical (unpaired) electrons. The molecule has 0 saturated heterocycles. The summed E-state index contributed by atoms with van der Waals surface area (Å²) in [6, 6.07) is 10.2. The van der Waals surface area contributed by atoms with Gasteiger partial charge in [0.1, 0.15) is 6.61 Å². The maximum absolute atomic E-state index is 6.26. The number of ether oxygens (including phenoxy) is 2. The predicted molar refractivity (Wildman–Crippen MR) is 124 cm³/mol. The molecule has 0 spiro atoms. The number of benzene rings is 2. The Morgan fingerprint density at radius 3 is 2.34 bits per heavy atom. The second-order valence-electron chi connectivity index (χ2n) is 7.52. The van der Waals surface area contributed by atoms with Crippen LogP contribution >= 0.6 is 39.1 Å². The van der Waals surface area contributed by atoms with Crippen molar-refractivity contribution in [1.29, 1.82) is 0 Å². The highest BCUT2D eigenvalue weighted by Crippen LogP contribution is 2.38. The van der Waals surface area contributed by atoms with Crippen LogP contribution in [0.15, 0.2) is 34.8 Å². The summed E-state index contributed by atoms with van der Waals surface area (Å²) in [5.74, 6) is 1.34. The molecule has 3 nitrogen and oxygen atoms in total. The van der Waals surface area contributed by atoms with Gasteiger partial charge in [-0.05, 0) is 58.6 Å². The van der Waals surface area contributed by atoms with Crippen LogP contribution in [0, 0.1) is 0 Å². The molecule has 29 heavy (non-hydrogen) atoms. The molecule has 6 heteroatoms. The smallest absolute Gasteiger partial charge is 0.175 e. The number of hydrogen-bond donors (Lipinski definition) is 1. The minimum atomic E-state index is 0.271. The third-order valence-corrected chi connectivity index (χ3v) is 6.71. The van der Waals surface area contributed by atoms with E-state index in [1.54, 1.807) is 7.11 Å². The van der Waals surface area contributed by atoms with Gasteiger partial charge in [0.2, 0.25) is 0 Å². The van der Waals surface area contributed by atoms with Crippen molar-refractivity contribution >= 4 is 39.1 Å². The molecule has 0 atom stereocenters. The number of nitrogens with one attached hydrogen (secondary N) is 1. The van der Waals surface area contributed by atoms with E-state index in [0.29, 0.717) is 27.6 Å². The zero-order valence-electron chi connectivity index (χ0n) is 16.8. The van der Waals surface area contributed by atoms with Crippen LogP contribution < -0.4 is 14.8 Å². The van der Waals surface area contributed by atoms with Gasteiger partial charge in [-0.3, -0.25) is 0 Å². The van der Waals surface area contributed by atoms with Crippen LogP contribution in [0.2, 0.25) is 10.0 Å². The molecule has 2 aromatic rings. The highest BCUT2D eigenvalue weighted by Gasteiger charge is 2.16. The fourth-order valence-corrected chi connectivity index (χ4v) is 4.86. The first-order valence-corrected chi connectivity index (χ1v) is 11.8. The Kier molecular flexibility index (Phi) is 8.98. The largest absolute Gasteiger partial charge is 0.493 e. The third kappa shape index (κ3) is 6.52. The van der Waals surface area contributed by atoms with E-state index in [9.17, 15) is 0 Å². The summed E-state index contributed by atoms with van der Waals surface area (Å²) in [5, 5.41) is 4.91. The summed E-state index contributed by atoms with van der Waals surface area (Å²) in [7, 11) is 1.66. The lowest BCUT2D eigenvalue weighted by atomic mass is 9.96. The summed E-state index contributed by atoms with van der Waals surface area (Å²) in [6.45, 7) is 1.09. The molecule has 0 amide bonds. The molecule has 0 unspecified atom stereocenters. The molecule has 1 aliphatic carbocycles. The molecule has 1 saturated carbocycles. The summed E-state index contributed by atoms with van der Waals surface area (Å²) >= 11 is 16.2. The van der Waals surface area contributed by atoms with Crippen molar-refractivity contribution in [2.45, 2.75) is 64.1 Å². The van der Waals surface area contributed by atoms with Crippen molar-refractivity contribution in [1.82, 2.24) is 5.32 Å². The minimum absolute atomic E-state index is 0.271. The molecule has 0 heterocycles. The number of hydrogen-bond acceptors (Lipinski definition) is 3. The summed E-state index contributed by atoms with van der Waals surface area (Å²) in [4.78, 5) is 0. The molecule has 158 valence electrons. The summed E-state index contributed by atoms with van der Waals surface area (Å²) in [6.07, 6.45) is 9.27. The van der Waals surface area contributed by atoms with Gasteiger partial charge < -0.3 is 14.8 Å². The average Bonchev–Trinajstić information content (AvgIpc) is 2.67. The van der Waals surface area contributed by atoms with Gasteiger partial charge in [0, 0.05) is 28.2 Å². The van der Waals surface area contributed by atoms with Gasteiger partial charge in [0.15, 0.2) is 11.5 Å². The van der Waals surface area contributed by atoms with Crippen molar-refractivity contribution in [3.63, 3.8) is 0 Å². The fraction of sp³-hybridized carbons (Fsp3) is 0.478. The highest BCUT2D eigenvalue weighted by atomic mass is 79.9. The van der Waals surface area contributed by atoms with Crippen LogP contribution in [-0.2, 0) is 13.2 Å². The van der Waals surface area contributed by atoms with Crippen LogP contribution in [-0.4, -0.2) is 13.2 Å². The van der Waals surface area contributed by atoms with E-state index in [0.717, 1.165) is 16.6 Å². The Labute approximate surface area is 192 Å². The maximum Gasteiger partial charge on any atom is 0.175 e. The molecule has 0 bridgehead atoms. The molecular formula is C23H28BrCl2NO2. The summed E-state index contributed by atoms with van der Waals surface area (Å²) in [5.41, 5.74) is 1.93. The topological polar surface area (TPSA) is 30.5 Å². The lowest BCUT2D eigenvalue weighted by molar-refractivity contribution is 0.282. The molecule has 1 aliphatic rings. The average molecular weight is 501 g/mol. The molecule has 3 rings (SSSR count). The van der Waals surface area contributed by atoms with E-state index in [-0.39, 0.29) is 6.61 Å². The van der Waals surface area contributed by atoms with E-state index in [2.05, 4.69) is 27.3 Å². The predicted octanol–water partition coefficient (Wildman–Crippen LogP) is 7.55. The first-order valence-electron chi connectivity index (χ1n) is 10.2. The molecule has 0 aliphatic heterocycles. The van der Waals surface area contributed by atoms with Crippen LogP contribution in [0.25, 0.3) is 0 Å². The third-order valence-electron chi connectivity index (χ3n) is 5.41. The number of rotatable bonds is 7. The summed E-state index contributed by atoms with van der Waals surface area (Å²) < 4.78 is 12.5. The molecular weight excluding hydrogens is 473 g/mol. The Hall–Kier alpha value is -0.940. The molecule has 2 aromatic carbocycles. The van der Waals surface area contributed by atoms with Gasteiger partial charge in [-0.2, -0.15) is 0 Å². The Bertz CT molecular complexity index is 787.